The topological polar surface area (TPSA) is 20.2 Å². The average Bonchev–Trinajstić information content (AvgIpc) is 2.76. The number of allylic oxidation sites excluding steroid dienone is 4. The van der Waals surface area contributed by atoms with Crippen molar-refractivity contribution in [2.45, 2.75) is 72.3 Å². The standard InChI is InChI=1S/C20H32O/c1-14(2)17-11-13-20(5)12-10-15(3)6-9-19(21)16(4)7-8-18(17)20/h7,10,17-19,21H,1,6,8-9,11-13H2,2-5H3/b15-10+,16-7+/t17-,18+,19+,20+/m1/s1. The molecule has 2 aliphatic rings. The smallest absolute Gasteiger partial charge is 0.0750 e. The van der Waals surface area contributed by atoms with Gasteiger partial charge in [0.05, 0.1) is 6.10 Å². The van der Waals surface area contributed by atoms with E-state index in [9.17, 15) is 5.11 Å². The van der Waals surface area contributed by atoms with Gasteiger partial charge >= 0.3 is 0 Å². The summed E-state index contributed by atoms with van der Waals surface area (Å²) in [6, 6.07) is 0. The highest BCUT2D eigenvalue weighted by Crippen LogP contribution is 2.53. The summed E-state index contributed by atoms with van der Waals surface area (Å²) in [6.07, 6.45) is 11.2. The largest absolute Gasteiger partial charge is 0.389 e. The molecule has 2 aliphatic carbocycles. The second-order valence-electron chi connectivity index (χ2n) is 7.74. The predicted octanol–water partition coefficient (Wildman–Crippen LogP) is 5.42. The van der Waals surface area contributed by atoms with E-state index in [0.717, 1.165) is 24.8 Å². The van der Waals surface area contributed by atoms with Crippen molar-refractivity contribution >= 4 is 0 Å². The first kappa shape index (κ1) is 16.5. The molecule has 0 amide bonds. The Hall–Kier alpha value is -0.820. The van der Waals surface area contributed by atoms with E-state index in [4.69, 9.17) is 0 Å². The van der Waals surface area contributed by atoms with Gasteiger partial charge in [-0.15, -0.1) is 0 Å². The summed E-state index contributed by atoms with van der Waals surface area (Å²) in [4.78, 5) is 0. The summed E-state index contributed by atoms with van der Waals surface area (Å²) < 4.78 is 0. The van der Waals surface area contributed by atoms with Crippen LogP contribution in [0.3, 0.4) is 0 Å². The lowest BCUT2D eigenvalue weighted by atomic mass is 9.71. The minimum absolute atomic E-state index is 0.276. The molecule has 0 radical (unpaired) electrons. The third-order valence-electron chi connectivity index (χ3n) is 5.99. The van der Waals surface area contributed by atoms with Crippen LogP contribution in [0.25, 0.3) is 0 Å². The Balaban J connectivity index is 2.32. The maximum Gasteiger partial charge on any atom is 0.0750 e. The maximum atomic E-state index is 10.3. The van der Waals surface area contributed by atoms with Gasteiger partial charge in [-0.05, 0) is 82.1 Å². The van der Waals surface area contributed by atoms with Gasteiger partial charge in [-0.1, -0.05) is 36.8 Å². The Labute approximate surface area is 130 Å². The normalized spacial score (nSPS) is 43.0. The van der Waals surface area contributed by atoms with Crippen LogP contribution in [-0.4, -0.2) is 11.2 Å². The van der Waals surface area contributed by atoms with Crippen molar-refractivity contribution in [1.82, 2.24) is 0 Å². The summed E-state index contributed by atoms with van der Waals surface area (Å²) in [5, 5.41) is 10.3. The zero-order chi connectivity index (χ0) is 15.6. The van der Waals surface area contributed by atoms with Crippen molar-refractivity contribution in [2.24, 2.45) is 17.3 Å². The molecule has 0 spiro atoms. The average molecular weight is 288 g/mol. The summed E-state index contributed by atoms with van der Waals surface area (Å²) in [5.41, 5.74) is 4.31. The molecule has 0 bridgehead atoms. The highest BCUT2D eigenvalue weighted by Gasteiger charge is 2.43. The number of fused-ring (bicyclic) bond motifs is 1. The van der Waals surface area contributed by atoms with Gasteiger partial charge in [-0.25, -0.2) is 0 Å². The first-order valence-corrected chi connectivity index (χ1v) is 8.49. The summed E-state index contributed by atoms with van der Waals surface area (Å²) in [6.45, 7) is 13.2. The molecule has 0 aromatic rings. The second-order valence-corrected chi connectivity index (χ2v) is 7.74. The number of hydrogen-bond donors (Lipinski definition) is 1. The maximum absolute atomic E-state index is 10.3. The van der Waals surface area contributed by atoms with Crippen molar-refractivity contribution in [3.05, 3.63) is 35.5 Å². The summed E-state index contributed by atoms with van der Waals surface area (Å²) in [5.74, 6) is 1.31. The molecule has 1 fully saturated rings. The highest BCUT2D eigenvalue weighted by atomic mass is 16.3. The quantitative estimate of drug-likeness (QED) is 0.638. The lowest BCUT2D eigenvalue weighted by molar-refractivity contribution is 0.197. The Morgan fingerprint density at radius 3 is 2.67 bits per heavy atom. The molecule has 4 atom stereocenters. The van der Waals surface area contributed by atoms with E-state index in [-0.39, 0.29) is 6.10 Å². The molecule has 0 aliphatic heterocycles. The monoisotopic (exact) mass is 288 g/mol. The fourth-order valence-electron chi connectivity index (χ4n) is 4.20. The van der Waals surface area contributed by atoms with Crippen LogP contribution < -0.4 is 0 Å². The fraction of sp³-hybridized carbons (Fsp3) is 0.700. The lowest BCUT2D eigenvalue weighted by Gasteiger charge is -2.33. The molecule has 118 valence electrons. The number of aliphatic hydroxyl groups is 1. The van der Waals surface area contributed by atoms with Gasteiger partial charge in [0.25, 0.3) is 0 Å². The van der Waals surface area contributed by atoms with E-state index in [1.165, 1.54) is 30.4 Å². The van der Waals surface area contributed by atoms with Gasteiger partial charge < -0.3 is 5.11 Å². The van der Waals surface area contributed by atoms with E-state index in [1.807, 2.05) is 0 Å². The molecule has 0 unspecified atom stereocenters. The van der Waals surface area contributed by atoms with Gasteiger partial charge in [0.1, 0.15) is 0 Å². The van der Waals surface area contributed by atoms with Gasteiger partial charge in [0.2, 0.25) is 0 Å². The minimum Gasteiger partial charge on any atom is -0.389 e. The van der Waals surface area contributed by atoms with Gasteiger partial charge in [-0.2, -0.15) is 0 Å². The SMILES string of the molecule is C=C(C)[C@H]1CC[C@]2(C)C/C=C(\C)CC[C@H](O)/C(C)=C/C[C@@H]12. The van der Waals surface area contributed by atoms with Crippen LogP contribution >= 0.6 is 0 Å². The van der Waals surface area contributed by atoms with Crippen molar-refractivity contribution in [3.8, 4) is 0 Å². The Bertz CT molecular complexity index is 456. The number of rotatable bonds is 1. The van der Waals surface area contributed by atoms with Crippen LogP contribution in [0.1, 0.15) is 66.2 Å². The van der Waals surface area contributed by atoms with Crippen molar-refractivity contribution in [3.63, 3.8) is 0 Å². The van der Waals surface area contributed by atoms with E-state index < -0.39 is 0 Å². The minimum atomic E-state index is -0.276. The molecule has 21 heavy (non-hydrogen) atoms. The van der Waals surface area contributed by atoms with E-state index in [2.05, 4.69) is 46.4 Å². The molecular formula is C20H32O. The second kappa shape index (κ2) is 6.52. The zero-order valence-corrected chi connectivity index (χ0v) is 14.3. The van der Waals surface area contributed by atoms with E-state index >= 15 is 0 Å². The van der Waals surface area contributed by atoms with E-state index in [0.29, 0.717) is 17.3 Å². The Morgan fingerprint density at radius 2 is 2.00 bits per heavy atom. The zero-order valence-electron chi connectivity index (χ0n) is 14.3. The molecular weight excluding hydrogens is 256 g/mol. The molecule has 1 nitrogen and oxygen atoms in total. The van der Waals surface area contributed by atoms with Gasteiger partial charge in [-0.3, -0.25) is 0 Å². The third-order valence-corrected chi connectivity index (χ3v) is 5.99. The lowest BCUT2D eigenvalue weighted by Crippen LogP contribution is -2.25. The van der Waals surface area contributed by atoms with Gasteiger partial charge in [0, 0.05) is 0 Å². The molecule has 0 heterocycles. The molecule has 1 N–H and O–H groups in total. The van der Waals surface area contributed by atoms with Crippen LogP contribution in [0, 0.1) is 17.3 Å². The summed E-state index contributed by atoms with van der Waals surface area (Å²) >= 11 is 0. The predicted molar refractivity (Wildman–Crippen MR) is 91.1 cm³/mol. The van der Waals surface area contributed by atoms with Crippen LogP contribution in [-0.2, 0) is 0 Å². The molecule has 0 aromatic carbocycles. The van der Waals surface area contributed by atoms with Crippen molar-refractivity contribution in [1.29, 1.82) is 0 Å². The Kier molecular flexibility index (Phi) is 5.14. The number of hydrogen-bond acceptors (Lipinski definition) is 1. The molecule has 1 saturated carbocycles. The molecule has 2 rings (SSSR count). The van der Waals surface area contributed by atoms with Crippen molar-refractivity contribution in [2.75, 3.05) is 0 Å². The fourth-order valence-corrected chi connectivity index (χ4v) is 4.20. The van der Waals surface area contributed by atoms with E-state index in [1.54, 1.807) is 0 Å². The Morgan fingerprint density at radius 1 is 1.29 bits per heavy atom. The van der Waals surface area contributed by atoms with Crippen LogP contribution in [0.5, 0.6) is 0 Å². The number of aliphatic hydroxyl groups excluding tert-OH is 1. The van der Waals surface area contributed by atoms with Gasteiger partial charge in [0.15, 0.2) is 0 Å². The summed E-state index contributed by atoms with van der Waals surface area (Å²) in [7, 11) is 0. The molecule has 1 heteroatoms. The molecule has 0 aromatic heterocycles. The van der Waals surface area contributed by atoms with Crippen LogP contribution in [0.2, 0.25) is 0 Å². The highest BCUT2D eigenvalue weighted by molar-refractivity contribution is 5.15. The third kappa shape index (κ3) is 3.69. The first-order chi connectivity index (χ1) is 9.83. The van der Waals surface area contributed by atoms with Crippen LogP contribution in [0.15, 0.2) is 35.5 Å². The van der Waals surface area contributed by atoms with Crippen LogP contribution in [0.4, 0.5) is 0 Å². The van der Waals surface area contributed by atoms with Crippen molar-refractivity contribution < 1.29 is 5.11 Å². The first-order valence-electron chi connectivity index (χ1n) is 8.49. The molecule has 0 saturated heterocycles.